The molecule has 2 N–H and O–H groups in total. The lowest BCUT2D eigenvalue weighted by molar-refractivity contribution is -0.150. The molecule has 0 fully saturated rings. The monoisotopic (exact) mass is 858 g/mol. The van der Waals surface area contributed by atoms with E-state index in [-0.39, 0.29) is 24.1 Å². The highest BCUT2D eigenvalue weighted by molar-refractivity contribution is 5.69. The SMILES string of the molecule is CCCCCCCCC(CC)OC(=O)CCCCCCCN(CCCCCCCC(=O)OC(CCCCCCCC)CCCCCCCC)CCCNc1cncnc1NC. The molecule has 0 radical (unpaired) electrons. The molecule has 0 amide bonds. The second kappa shape index (κ2) is 42.9. The van der Waals surface area contributed by atoms with Crippen LogP contribution in [0.1, 0.15) is 252 Å². The molecule has 9 heteroatoms. The van der Waals surface area contributed by atoms with E-state index in [4.69, 9.17) is 9.47 Å². The topological polar surface area (TPSA) is 106 Å². The van der Waals surface area contributed by atoms with Gasteiger partial charge in [0.05, 0.1) is 11.9 Å². The molecular formula is C52H99N5O4. The fourth-order valence-electron chi connectivity index (χ4n) is 8.34. The number of carbonyl (C=O) groups is 2. The fourth-order valence-corrected chi connectivity index (χ4v) is 8.34. The van der Waals surface area contributed by atoms with E-state index < -0.39 is 0 Å². The first kappa shape index (κ1) is 56.6. The van der Waals surface area contributed by atoms with Crippen LogP contribution in [0, 0.1) is 0 Å². The Hall–Kier alpha value is -2.42. The Labute approximate surface area is 377 Å². The van der Waals surface area contributed by atoms with Gasteiger partial charge in [0.25, 0.3) is 0 Å². The van der Waals surface area contributed by atoms with Gasteiger partial charge in [0, 0.05) is 26.4 Å². The molecule has 0 saturated carbocycles. The molecular weight excluding hydrogens is 759 g/mol. The Balaban J connectivity index is 2.41. The highest BCUT2D eigenvalue weighted by Crippen LogP contribution is 2.20. The number of anilines is 2. The molecule has 0 aromatic carbocycles. The molecule has 61 heavy (non-hydrogen) atoms. The Morgan fingerprint density at radius 3 is 1.43 bits per heavy atom. The molecule has 1 aromatic rings. The van der Waals surface area contributed by atoms with Crippen molar-refractivity contribution in [2.45, 2.75) is 265 Å². The van der Waals surface area contributed by atoms with Gasteiger partial charge in [-0.05, 0) is 96.7 Å². The summed E-state index contributed by atoms with van der Waals surface area (Å²) in [6.07, 6.45) is 43.9. The van der Waals surface area contributed by atoms with Gasteiger partial charge in [-0.1, -0.05) is 163 Å². The first-order valence-electron chi connectivity index (χ1n) is 26.3. The van der Waals surface area contributed by atoms with Crippen molar-refractivity contribution in [3.63, 3.8) is 0 Å². The van der Waals surface area contributed by atoms with E-state index in [1.54, 1.807) is 6.33 Å². The van der Waals surface area contributed by atoms with Crippen molar-refractivity contribution in [3.8, 4) is 0 Å². The number of nitrogens with zero attached hydrogens (tertiary/aromatic N) is 3. The van der Waals surface area contributed by atoms with E-state index in [1.165, 1.54) is 154 Å². The molecule has 0 saturated heterocycles. The average molecular weight is 858 g/mol. The van der Waals surface area contributed by atoms with Crippen molar-refractivity contribution in [1.82, 2.24) is 14.9 Å². The van der Waals surface area contributed by atoms with Crippen molar-refractivity contribution >= 4 is 23.4 Å². The summed E-state index contributed by atoms with van der Waals surface area (Å²) in [5.41, 5.74) is 0.943. The number of nitrogens with one attached hydrogen (secondary N) is 2. The van der Waals surface area contributed by atoms with E-state index >= 15 is 0 Å². The third kappa shape index (κ3) is 34.7. The smallest absolute Gasteiger partial charge is 0.306 e. The van der Waals surface area contributed by atoms with Crippen LogP contribution < -0.4 is 10.6 Å². The Bertz CT molecular complexity index is 1110. The number of hydrogen-bond donors (Lipinski definition) is 2. The predicted molar refractivity (Wildman–Crippen MR) is 261 cm³/mol. The number of unbranched alkanes of at least 4 members (excludes halogenated alkanes) is 23. The standard InChI is InChI=1S/C52H99N5O4/c1-6-10-13-16-21-28-36-47(9-4)60-50(58)39-31-24-19-26-33-42-57(44-35-41-55-49-45-54-46-56-52(49)53-5)43-34-27-20-25-32-40-51(59)61-48(37-29-22-17-14-11-7-2)38-30-23-18-15-12-8-3/h45-48,55H,6-44H2,1-5H3,(H,53,54,56). The summed E-state index contributed by atoms with van der Waals surface area (Å²) >= 11 is 0. The Kier molecular flexibility index (Phi) is 39.8. The Morgan fingerprint density at radius 2 is 0.951 bits per heavy atom. The molecule has 1 unspecified atom stereocenters. The molecule has 0 aliphatic rings. The van der Waals surface area contributed by atoms with Gasteiger partial charge in [-0.25, -0.2) is 9.97 Å². The summed E-state index contributed by atoms with van der Waals surface area (Å²) in [6.45, 7) is 13.1. The molecule has 1 atom stereocenters. The average Bonchev–Trinajstić information content (AvgIpc) is 3.27. The lowest BCUT2D eigenvalue weighted by atomic mass is 10.0. The normalized spacial score (nSPS) is 12.0. The van der Waals surface area contributed by atoms with Crippen LogP contribution in [-0.4, -0.2) is 72.2 Å². The largest absolute Gasteiger partial charge is 0.462 e. The summed E-state index contributed by atoms with van der Waals surface area (Å²) in [7, 11) is 1.89. The predicted octanol–water partition coefficient (Wildman–Crippen LogP) is 14.8. The third-order valence-electron chi connectivity index (χ3n) is 12.3. The summed E-state index contributed by atoms with van der Waals surface area (Å²) < 4.78 is 11.9. The first-order valence-corrected chi connectivity index (χ1v) is 26.3. The van der Waals surface area contributed by atoms with Gasteiger partial charge in [-0.3, -0.25) is 9.59 Å². The summed E-state index contributed by atoms with van der Waals surface area (Å²) in [5.74, 6) is 0.843. The van der Waals surface area contributed by atoms with Crippen LogP contribution in [0.2, 0.25) is 0 Å². The molecule has 0 aliphatic carbocycles. The minimum Gasteiger partial charge on any atom is -0.462 e. The van der Waals surface area contributed by atoms with Crippen LogP contribution >= 0.6 is 0 Å². The van der Waals surface area contributed by atoms with Gasteiger partial charge in [-0.15, -0.1) is 0 Å². The van der Waals surface area contributed by atoms with Crippen LogP contribution in [-0.2, 0) is 19.1 Å². The zero-order valence-corrected chi connectivity index (χ0v) is 40.9. The van der Waals surface area contributed by atoms with Crippen LogP contribution in [0.4, 0.5) is 11.5 Å². The number of carbonyl (C=O) groups excluding carboxylic acids is 2. The van der Waals surface area contributed by atoms with Gasteiger partial charge in [-0.2, -0.15) is 0 Å². The molecule has 9 nitrogen and oxygen atoms in total. The van der Waals surface area contributed by atoms with Crippen LogP contribution in [0.25, 0.3) is 0 Å². The number of hydrogen-bond acceptors (Lipinski definition) is 9. The van der Waals surface area contributed by atoms with E-state index in [2.05, 4.69) is 53.2 Å². The van der Waals surface area contributed by atoms with E-state index in [0.717, 1.165) is 95.5 Å². The molecule has 356 valence electrons. The first-order chi connectivity index (χ1) is 30.0. The number of esters is 2. The molecule has 1 heterocycles. The Morgan fingerprint density at radius 1 is 0.541 bits per heavy atom. The lowest BCUT2D eigenvalue weighted by Gasteiger charge is -2.23. The highest BCUT2D eigenvalue weighted by Gasteiger charge is 2.15. The van der Waals surface area contributed by atoms with Crippen LogP contribution in [0.3, 0.4) is 0 Å². The van der Waals surface area contributed by atoms with Gasteiger partial charge in [0.15, 0.2) is 5.82 Å². The van der Waals surface area contributed by atoms with Gasteiger partial charge < -0.3 is 25.0 Å². The van der Waals surface area contributed by atoms with E-state index in [0.29, 0.717) is 12.8 Å². The number of rotatable bonds is 46. The summed E-state index contributed by atoms with van der Waals surface area (Å²) in [4.78, 5) is 36.6. The molecule has 1 aromatic heterocycles. The maximum atomic E-state index is 12.9. The van der Waals surface area contributed by atoms with Crippen molar-refractivity contribution in [3.05, 3.63) is 12.5 Å². The zero-order chi connectivity index (χ0) is 44.3. The second-order valence-electron chi connectivity index (χ2n) is 18.0. The van der Waals surface area contributed by atoms with Crippen molar-refractivity contribution in [2.75, 3.05) is 43.9 Å². The van der Waals surface area contributed by atoms with Crippen LogP contribution in [0.5, 0.6) is 0 Å². The zero-order valence-electron chi connectivity index (χ0n) is 40.9. The number of aromatic nitrogens is 2. The minimum absolute atomic E-state index is 0.00676. The quantitative estimate of drug-likeness (QED) is 0.0490. The van der Waals surface area contributed by atoms with Crippen molar-refractivity contribution < 1.29 is 19.1 Å². The fraction of sp³-hybridized carbons (Fsp3) is 0.885. The van der Waals surface area contributed by atoms with Gasteiger partial charge in [0.2, 0.25) is 0 Å². The maximum absolute atomic E-state index is 12.9. The number of ether oxygens (including phenoxy) is 2. The summed E-state index contributed by atoms with van der Waals surface area (Å²) in [6, 6.07) is 0. The molecule has 0 bridgehead atoms. The van der Waals surface area contributed by atoms with Crippen LogP contribution in [0.15, 0.2) is 12.5 Å². The van der Waals surface area contributed by atoms with E-state index in [9.17, 15) is 9.59 Å². The van der Waals surface area contributed by atoms with Gasteiger partial charge in [0.1, 0.15) is 18.5 Å². The molecule has 0 aliphatic heterocycles. The highest BCUT2D eigenvalue weighted by atomic mass is 16.5. The minimum atomic E-state index is -0.00676. The third-order valence-corrected chi connectivity index (χ3v) is 12.3. The molecule has 0 spiro atoms. The summed E-state index contributed by atoms with van der Waals surface area (Å²) in [5, 5.41) is 6.65. The lowest BCUT2D eigenvalue weighted by Crippen LogP contribution is -2.28. The second-order valence-corrected chi connectivity index (χ2v) is 18.0. The van der Waals surface area contributed by atoms with Gasteiger partial charge >= 0.3 is 11.9 Å². The van der Waals surface area contributed by atoms with Crippen molar-refractivity contribution in [2.24, 2.45) is 0 Å². The van der Waals surface area contributed by atoms with E-state index in [1.807, 2.05) is 13.2 Å². The maximum Gasteiger partial charge on any atom is 0.306 e. The van der Waals surface area contributed by atoms with Crippen molar-refractivity contribution in [1.29, 1.82) is 0 Å². The molecule has 1 rings (SSSR count).